The number of pyridine rings is 1. The Morgan fingerprint density at radius 1 is 1.31 bits per heavy atom. The third-order valence-corrected chi connectivity index (χ3v) is 4.94. The number of likely N-dealkylation sites (tertiary alicyclic amines) is 1. The molecule has 7 nitrogen and oxygen atoms in total. The van der Waals surface area contributed by atoms with Crippen molar-refractivity contribution >= 4 is 11.8 Å². The van der Waals surface area contributed by atoms with Gasteiger partial charge in [0.2, 0.25) is 5.91 Å². The predicted molar refractivity (Wildman–Crippen MR) is 95.7 cm³/mol. The first kappa shape index (κ1) is 20.8. The number of hydrogen-bond acceptors (Lipinski definition) is 5. The Balaban J connectivity index is 1.63. The molecule has 0 aromatic carbocycles. The highest BCUT2D eigenvalue weighted by Crippen LogP contribution is 2.27. The van der Waals surface area contributed by atoms with Gasteiger partial charge >= 0.3 is 6.18 Å². The van der Waals surface area contributed by atoms with Gasteiger partial charge in [-0.05, 0) is 38.8 Å². The van der Waals surface area contributed by atoms with E-state index in [4.69, 9.17) is 4.52 Å². The Morgan fingerprint density at radius 2 is 2.07 bits per heavy atom. The summed E-state index contributed by atoms with van der Waals surface area (Å²) in [5, 5.41) is 6.58. The highest BCUT2D eigenvalue weighted by molar-refractivity contribution is 5.92. The molecule has 1 N–H and O–H groups in total. The largest absolute Gasteiger partial charge is 0.433 e. The number of nitrogens with zero attached hydrogens (tertiary/aromatic N) is 3. The highest BCUT2D eigenvalue weighted by atomic mass is 19.4. The quantitative estimate of drug-likeness (QED) is 0.837. The number of rotatable bonds is 4. The number of carbonyl (C=O) groups excluding carboxylic acids is 2. The van der Waals surface area contributed by atoms with Crippen molar-refractivity contribution in [3.05, 3.63) is 46.6 Å². The third kappa shape index (κ3) is 4.93. The number of halogens is 3. The summed E-state index contributed by atoms with van der Waals surface area (Å²) in [4.78, 5) is 29.9. The van der Waals surface area contributed by atoms with Gasteiger partial charge in [0.15, 0.2) is 0 Å². The van der Waals surface area contributed by atoms with E-state index in [1.807, 2.05) is 0 Å². The molecule has 3 heterocycles. The summed E-state index contributed by atoms with van der Waals surface area (Å²) in [5.74, 6) is -0.0910. The van der Waals surface area contributed by atoms with Crippen LogP contribution in [0.4, 0.5) is 13.2 Å². The molecule has 29 heavy (non-hydrogen) atoms. The van der Waals surface area contributed by atoms with Crippen molar-refractivity contribution < 1.29 is 27.3 Å². The topological polar surface area (TPSA) is 88.3 Å². The smallest absolute Gasteiger partial charge is 0.361 e. The normalized spacial score (nSPS) is 17.9. The SMILES string of the molecule is Cc1noc(C)c1CN1CCC(NC(=O)c2cccc(C(F)(F)F)n2)CCC1=O. The highest BCUT2D eigenvalue weighted by Gasteiger charge is 2.33. The minimum atomic E-state index is -4.62. The molecule has 0 radical (unpaired) electrons. The molecule has 2 aromatic rings. The Labute approximate surface area is 165 Å². The van der Waals surface area contributed by atoms with E-state index in [2.05, 4.69) is 15.5 Å². The summed E-state index contributed by atoms with van der Waals surface area (Å²) in [5.41, 5.74) is 0.156. The van der Waals surface area contributed by atoms with Gasteiger partial charge in [-0.2, -0.15) is 13.2 Å². The molecular formula is C19H21F3N4O3. The van der Waals surface area contributed by atoms with Crippen LogP contribution < -0.4 is 5.32 Å². The summed E-state index contributed by atoms with van der Waals surface area (Å²) in [6, 6.07) is 2.86. The lowest BCUT2D eigenvalue weighted by Crippen LogP contribution is -2.36. The van der Waals surface area contributed by atoms with Crippen molar-refractivity contribution in [1.29, 1.82) is 0 Å². The minimum Gasteiger partial charge on any atom is -0.361 e. The van der Waals surface area contributed by atoms with E-state index in [9.17, 15) is 22.8 Å². The fourth-order valence-corrected chi connectivity index (χ4v) is 3.24. The Bertz CT molecular complexity index is 891. The van der Waals surface area contributed by atoms with E-state index in [1.165, 1.54) is 6.07 Å². The maximum Gasteiger partial charge on any atom is 0.433 e. The van der Waals surface area contributed by atoms with E-state index < -0.39 is 17.8 Å². The van der Waals surface area contributed by atoms with Crippen LogP contribution in [-0.4, -0.2) is 39.4 Å². The molecule has 1 unspecified atom stereocenters. The predicted octanol–water partition coefficient (Wildman–Crippen LogP) is 3.02. The average molecular weight is 410 g/mol. The number of nitrogens with one attached hydrogen (secondary N) is 1. The number of carbonyl (C=O) groups is 2. The van der Waals surface area contributed by atoms with Gasteiger partial charge in [-0.3, -0.25) is 9.59 Å². The summed E-state index contributed by atoms with van der Waals surface area (Å²) < 4.78 is 43.5. The first-order valence-corrected chi connectivity index (χ1v) is 9.20. The monoisotopic (exact) mass is 410 g/mol. The van der Waals surface area contributed by atoms with E-state index in [0.717, 1.165) is 23.4 Å². The van der Waals surface area contributed by atoms with Crippen LogP contribution in [0.25, 0.3) is 0 Å². The molecule has 156 valence electrons. The van der Waals surface area contributed by atoms with Gasteiger partial charge < -0.3 is 14.7 Å². The molecule has 1 aliphatic rings. The van der Waals surface area contributed by atoms with Gasteiger partial charge in [-0.15, -0.1) is 0 Å². The third-order valence-electron chi connectivity index (χ3n) is 4.94. The second kappa shape index (κ2) is 8.22. The standard InChI is InChI=1S/C19H21F3N4O3/c1-11-14(12(2)29-25-11)10-26-9-8-13(6-7-17(26)27)23-18(28)15-4-3-5-16(24-15)19(20,21)22/h3-5,13H,6-10H2,1-2H3,(H,23,28). The maximum atomic E-state index is 12.8. The molecule has 1 saturated heterocycles. The summed E-state index contributed by atoms with van der Waals surface area (Å²) in [6.07, 6.45) is -3.50. The molecule has 1 aliphatic heterocycles. The number of hydrogen-bond donors (Lipinski definition) is 1. The van der Waals surface area contributed by atoms with Gasteiger partial charge in [-0.25, -0.2) is 4.98 Å². The second-order valence-corrected chi connectivity index (χ2v) is 7.02. The van der Waals surface area contributed by atoms with Crippen molar-refractivity contribution in [2.75, 3.05) is 6.54 Å². The molecule has 0 spiro atoms. The Hall–Kier alpha value is -2.91. The fraction of sp³-hybridized carbons (Fsp3) is 0.474. The zero-order valence-corrected chi connectivity index (χ0v) is 16.0. The van der Waals surface area contributed by atoms with Gasteiger partial charge in [0.05, 0.1) is 12.2 Å². The number of aryl methyl sites for hydroxylation is 2. The van der Waals surface area contributed by atoms with E-state index in [0.29, 0.717) is 31.7 Å². The van der Waals surface area contributed by atoms with Crippen LogP contribution in [0.3, 0.4) is 0 Å². The van der Waals surface area contributed by atoms with Crippen molar-refractivity contribution in [1.82, 2.24) is 20.4 Å². The molecular weight excluding hydrogens is 389 g/mol. The van der Waals surface area contributed by atoms with Gasteiger partial charge in [-0.1, -0.05) is 11.2 Å². The van der Waals surface area contributed by atoms with Crippen LogP contribution in [-0.2, 0) is 17.5 Å². The lowest BCUT2D eigenvalue weighted by Gasteiger charge is -2.21. The van der Waals surface area contributed by atoms with Gasteiger partial charge in [0, 0.05) is 24.6 Å². The molecule has 0 bridgehead atoms. The molecule has 0 aliphatic carbocycles. The summed E-state index contributed by atoms with van der Waals surface area (Å²) in [7, 11) is 0. The lowest BCUT2D eigenvalue weighted by molar-refractivity contribution is -0.141. The second-order valence-electron chi connectivity index (χ2n) is 7.02. The van der Waals surface area contributed by atoms with Crippen LogP contribution >= 0.6 is 0 Å². The van der Waals surface area contributed by atoms with Crippen LogP contribution in [0.1, 0.15) is 52.5 Å². The zero-order valence-electron chi connectivity index (χ0n) is 16.0. The number of alkyl halides is 3. The average Bonchev–Trinajstić information content (AvgIpc) is 2.88. The minimum absolute atomic E-state index is 0.0565. The maximum absolute atomic E-state index is 12.8. The van der Waals surface area contributed by atoms with Crippen LogP contribution in [0.5, 0.6) is 0 Å². The Kier molecular flexibility index (Phi) is 5.90. The molecule has 1 atom stereocenters. The molecule has 0 saturated carbocycles. The fourth-order valence-electron chi connectivity index (χ4n) is 3.24. The molecule has 2 amide bonds. The lowest BCUT2D eigenvalue weighted by atomic mass is 10.1. The Morgan fingerprint density at radius 3 is 2.72 bits per heavy atom. The van der Waals surface area contributed by atoms with E-state index >= 15 is 0 Å². The molecule has 2 aromatic heterocycles. The zero-order chi connectivity index (χ0) is 21.2. The van der Waals surface area contributed by atoms with Crippen LogP contribution in [0.2, 0.25) is 0 Å². The molecule has 3 rings (SSSR count). The van der Waals surface area contributed by atoms with Crippen LogP contribution in [0, 0.1) is 13.8 Å². The molecule has 10 heteroatoms. The van der Waals surface area contributed by atoms with Crippen molar-refractivity contribution in [2.45, 2.75) is 51.9 Å². The van der Waals surface area contributed by atoms with Crippen LogP contribution in [0.15, 0.2) is 22.7 Å². The van der Waals surface area contributed by atoms with Crippen molar-refractivity contribution in [3.8, 4) is 0 Å². The molecule has 1 fully saturated rings. The van der Waals surface area contributed by atoms with E-state index in [-0.39, 0.29) is 24.1 Å². The summed E-state index contributed by atoms with van der Waals surface area (Å²) >= 11 is 0. The summed E-state index contributed by atoms with van der Waals surface area (Å²) in [6.45, 7) is 4.36. The number of amides is 2. The van der Waals surface area contributed by atoms with Gasteiger partial charge in [0.1, 0.15) is 17.1 Å². The number of aromatic nitrogens is 2. The van der Waals surface area contributed by atoms with Gasteiger partial charge in [0.25, 0.3) is 5.91 Å². The van der Waals surface area contributed by atoms with Crippen molar-refractivity contribution in [3.63, 3.8) is 0 Å². The van der Waals surface area contributed by atoms with E-state index in [1.54, 1.807) is 18.7 Å². The van der Waals surface area contributed by atoms with Crippen molar-refractivity contribution in [2.24, 2.45) is 0 Å². The first-order valence-electron chi connectivity index (χ1n) is 9.20. The first-order chi connectivity index (χ1) is 13.6.